The smallest absolute Gasteiger partial charge is 0.311 e. The van der Waals surface area contributed by atoms with Crippen LogP contribution in [0.2, 0.25) is 0 Å². The van der Waals surface area contributed by atoms with Crippen molar-refractivity contribution in [3.05, 3.63) is 0 Å². The van der Waals surface area contributed by atoms with Crippen molar-refractivity contribution in [3.8, 4) is 0 Å². The summed E-state index contributed by atoms with van der Waals surface area (Å²) in [6.45, 7) is 7.25. The molecule has 2 N–H and O–H groups in total. The zero-order chi connectivity index (χ0) is 21.2. The van der Waals surface area contributed by atoms with Gasteiger partial charge in [0.2, 0.25) is 11.8 Å². The highest BCUT2D eigenvalue weighted by Crippen LogP contribution is 2.71. The molecule has 2 unspecified atom stereocenters. The lowest BCUT2D eigenvalue weighted by Crippen LogP contribution is -2.53. The van der Waals surface area contributed by atoms with E-state index in [2.05, 4.69) is 12.2 Å². The summed E-state index contributed by atoms with van der Waals surface area (Å²) in [6.07, 6.45) is 4.64. The van der Waals surface area contributed by atoms with E-state index in [4.69, 9.17) is 9.84 Å². The molecule has 5 atom stereocenters. The summed E-state index contributed by atoms with van der Waals surface area (Å²) < 4.78 is 4.41. The number of likely N-dealkylation sites (tertiary alicyclic amines) is 1. The fourth-order valence-electron chi connectivity index (χ4n) is 5.44. The van der Waals surface area contributed by atoms with Crippen LogP contribution < -0.4 is 5.32 Å². The average molecular weight is 427 g/mol. The predicted molar refractivity (Wildman–Crippen MR) is 111 cm³/mol. The Bertz CT molecular complexity index is 659. The molecule has 7 nitrogen and oxygen atoms in total. The molecule has 0 aliphatic carbocycles. The third kappa shape index (κ3) is 3.67. The summed E-state index contributed by atoms with van der Waals surface area (Å²) in [5.74, 6) is -1.55. The molecular weight excluding hydrogens is 392 g/mol. The van der Waals surface area contributed by atoms with Crippen molar-refractivity contribution in [2.24, 2.45) is 11.8 Å². The summed E-state index contributed by atoms with van der Waals surface area (Å²) in [4.78, 5) is 41.3. The maximum atomic E-state index is 13.5. The summed E-state index contributed by atoms with van der Waals surface area (Å²) in [5.41, 5.74) is 0. The molecule has 0 aromatic heterocycles. The van der Waals surface area contributed by atoms with E-state index in [0.717, 1.165) is 25.7 Å². The van der Waals surface area contributed by atoms with Crippen LogP contribution in [0.25, 0.3) is 0 Å². The molecule has 2 amide bonds. The number of amides is 2. The number of nitrogens with zero attached hydrogens (tertiary/aromatic N) is 1. The molecule has 0 aromatic carbocycles. The molecule has 2 bridgehead atoms. The molecule has 3 aliphatic heterocycles. The molecule has 8 heteroatoms. The van der Waals surface area contributed by atoms with Crippen molar-refractivity contribution in [3.63, 3.8) is 0 Å². The molecule has 0 radical (unpaired) electrons. The highest BCUT2D eigenvalue weighted by Gasteiger charge is 2.77. The molecule has 164 valence electrons. The van der Waals surface area contributed by atoms with E-state index < -0.39 is 22.6 Å². The number of esters is 1. The highest BCUT2D eigenvalue weighted by atomic mass is 32.2. The summed E-state index contributed by atoms with van der Waals surface area (Å²) >= 11 is 1.66. The van der Waals surface area contributed by atoms with E-state index in [1.54, 1.807) is 23.6 Å². The topological polar surface area (TPSA) is 95.9 Å². The van der Waals surface area contributed by atoms with Crippen LogP contribution in [0.5, 0.6) is 0 Å². The van der Waals surface area contributed by atoms with E-state index >= 15 is 0 Å². The monoisotopic (exact) mass is 426 g/mol. The van der Waals surface area contributed by atoms with E-state index in [1.165, 1.54) is 0 Å². The van der Waals surface area contributed by atoms with Gasteiger partial charge in [-0.2, -0.15) is 0 Å². The van der Waals surface area contributed by atoms with Gasteiger partial charge in [0.05, 0.1) is 23.2 Å². The van der Waals surface area contributed by atoms with Crippen LogP contribution >= 0.6 is 11.8 Å². The van der Waals surface area contributed by atoms with Crippen LogP contribution in [0.1, 0.15) is 59.3 Å². The first-order valence-electron chi connectivity index (χ1n) is 10.9. The summed E-state index contributed by atoms with van der Waals surface area (Å²) in [7, 11) is 0. The number of hydrogen-bond acceptors (Lipinski definition) is 6. The first kappa shape index (κ1) is 22.4. The number of fused-ring (bicyclic) bond motifs is 1. The van der Waals surface area contributed by atoms with Crippen molar-refractivity contribution in [1.29, 1.82) is 0 Å². The number of unbranched alkanes of at least 4 members (excludes halogenated alkanes) is 2. The maximum absolute atomic E-state index is 13.5. The molecule has 0 aromatic rings. The molecule has 3 fully saturated rings. The second-order valence-electron chi connectivity index (χ2n) is 8.59. The Kier molecular flexibility index (Phi) is 6.83. The Morgan fingerprint density at radius 1 is 1.28 bits per heavy atom. The molecule has 3 heterocycles. The fraction of sp³-hybridized carbons (Fsp3) is 0.857. The number of aliphatic hydroxyl groups is 1. The molecule has 3 aliphatic rings. The van der Waals surface area contributed by atoms with Gasteiger partial charge in [0.1, 0.15) is 6.04 Å². The van der Waals surface area contributed by atoms with Crippen molar-refractivity contribution < 1.29 is 24.2 Å². The quantitative estimate of drug-likeness (QED) is 0.408. The van der Waals surface area contributed by atoms with E-state index in [-0.39, 0.29) is 35.7 Å². The van der Waals surface area contributed by atoms with Crippen molar-refractivity contribution in [1.82, 2.24) is 10.2 Å². The molecular formula is C21H34N2O5S. The van der Waals surface area contributed by atoms with Gasteiger partial charge >= 0.3 is 5.97 Å². The Morgan fingerprint density at radius 2 is 2.03 bits per heavy atom. The lowest BCUT2D eigenvalue weighted by molar-refractivity contribution is -0.155. The fourth-order valence-corrected chi connectivity index (χ4v) is 7.78. The van der Waals surface area contributed by atoms with Gasteiger partial charge < -0.3 is 20.1 Å². The largest absolute Gasteiger partial charge is 0.466 e. The third-order valence-corrected chi connectivity index (χ3v) is 8.69. The number of carbonyl (C=O) groups excluding carboxylic acids is 3. The normalized spacial score (nSPS) is 35.1. The van der Waals surface area contributed by atoms with Gasteiger partial charge in [-0.1, -0.05) is 13.3 Å². The third-order valence-electron chi connectivity index (χ3n) is 6.70. The Morgan fingerprint density at radius 3 is 2.69 bits per heavy atom. The van der Waals surface area contributed by atoms with Crippen LogP contribution in [0.3, 0.4) is 0 Å². The number of ether oxygens (including phenoxy) is 1. The number of aliphatic hydroxyl groups excluding tert-OH is 1. The Balaban J connectivity index is 1.93. The minimum atomic E-state index is -0.571. The Labute approximate surface area is 177 Å². The van der Waals surface area contributed by atoms with Gasteiger partial charge in [-0.05, 0) is 46.0 Å². The molecule has 1 spiro atoms. The van der Waals surface area contributed by atoms with Crippen LogP contribution in [-0.2, 0) is 19.1 Å². The van der Waals surface area contributed by atoms with Crippen molar-refractivity contribution in [2.75, 3.05) is 26.3 Å². The number of carbonyl (C=O) groups is 3. The zero-order valence-electron chi connectivity index (χ0n) is 17.7. The van der Waals surface area contributed by atoms with Crippen LogP contribution in [-0.4, -0.2) is 69.6 Å². The van der Waals surface area contributed by atoms with Gasteiger partial charge in [0.25, 0.3) is 0 Å². The molecule has 3 saturated heterocycles. The lowest BCUT2D eigenvalue weighted by atomic mass is 9.66. The van der Waals surface area contributed by atoms with Crippen LogP contribution in [0.15, 0.2) is 0 Å². The average Bonchev–Trinajstić information content (AvgIpc) is 3.24. The second kappa shape index (κ2) is 8.84. The highest BCUT2D eigenvalue weighted by molar-refractivity contribution is 8.02. The van der Waals surface area contributed by atoms with Gasteiger partial charge in [-0.25, -0.2) is 0 Å². The number of hydrogen-bond donors (Lipinski definition) is 2. The minimum absolute atomic E-state index is 0.0578. The number of nitrogens with one attached hydrogen (secondary N) is 1. The minimum Gasteiger partial charge on any atom is -0.466 e. The van der Waals surface area contributed by atoms with Crippen LogP contribution in [0.4, 0.5) is 0 Å². The van der Waals surface area contributed by atoms with Gasteiger partial charge in [-0.15, -0.1) is 11.8 Å². The second-order valence-corrected chi connectivity index (χ2v) is 10.5. The summed E-state index contributed by atoms with van der Waals surface area (Å²) in [6, 6.07) is -0.568. The molecule has 0 saturated carbocycles. The zero-order valence-corrected chi connectivity index (χ0v) is 18.6. The van der Waals surface area contributed by atoms with Crippen LogP contribution in [0, 0.1) is 11.8 Å². The first-order chi connectivity index (χ1) is 13.9. The lowest BCUT2D eigenvalue weighted by Gasteiger charge is -2.34. The molecule has 29 heavy (non-hydrogen) atoms. The van der Waals surface area contributed by atoms with Gasteiger partial charge in [0.15, 0.2) is 0 Å². The molecule has 3 rings (SSSR count). The predicted octanol–water partition coefficient (Wildman–Crippen LogP) is 1.72. The van der Waals surface area contributed by atoms with Gasteiger partial charge in [-0.3, -0.25) is 14.4 Å². The van der Waals surface area contributed by atoms with Gasteiger partial charge in [0, 0.05) is 24.4 Å². The SMILES string of the molecule is CCCCNC(=O)C1N(CCCCO)C(=O)[C@@H]2[C@@H](C(=O)OCC)[C@@]3(C)CCC12S3. The number of rotatable bonds is 10. The maximum Gasteiger partial charge on any atom is 0.311 e. The standard InChI is InChI=1S/C21H34N2O5S/c1-4-6-11-22-17(25)16-21-10-9-20(3,29-21)15(19(27)28-5-2)14(21)18(26)23(16)12-7-8-13-24/h14-16,24H,4-13H2,1-3H3,(H,22,25)/t14-,15-,16?,20+,21?/m0/s1. The van der Waals surface area contributed by atoms with E-state index in [0.29, 0.717) is 25.9 Å². The first-order valence-corrected chi connectivity index (χ1v) is 11.7. The van der Waals surface area contributed by atoms with E-state index in [1.807, 2.05) is 6.92 Å². The number of thioether (sulfide) groups is 1. The van der Waals surface area contributed by atoms with Crippen molar-refractivity contribution >= 4 is 29.5 Å². The van der Waals surface area contributed by atoms with Crippen molar-refractivity contribution in [2.45, 2.75) is 74.8 Å². The Hall–Kier alpha value is -1.28. The van der Waals surface area contributed by atoms with E-state index in [9.17, 15) is 14.4 Å². The summed E-state index contributed by atoms with van der Waals surface area (Å²) in [5, 5.41) is 12.2.